The van der Waals surface area contributed by atoms with Gasteiger partial charge in [-0.2, -0.15) is 22.0 Å². The fraction of sp³-hybridized carbons (Fsp3) is 0.250. The van der Waals surface area contributed by atoms with E-state index in [2.05, 4.69) is 17.4 Å². The van der Waals surface area contributed by atoms with Gasteiger partial charge >= 0.3 is 12.3 Å². The molecule has 0 aliphatic heterocycles. The van der Waals surface area contributed by atoms with E-state index in [4.69, 9.17) is 0 Å². The van der Waals surface area contributed by atoms with Gasteiger partial charge < -0.3 is 4.74 Å². The quantitative estimate of drug-likeness (QED) is 0.718. The smallest absolute Gasteiger partial charge is 0.426 e. The predicted octanol–water partition coefficient (Wildman–Crippen LogP) is 3.78. The molecule has 1 nitrogen and oxygen atoms in total. The Labute approximate surface area is 87.3 Å². The average Bonchev–Trinajstić information content (AvgIpc) is 2.06. The zero-order valence-corrected chi connectivity index (χ0v) is 7.83. The van der Waals surface area contributed by atoms with Crippen LogP contribution in [-0.2, 0) is 0 Å². The molecule has 0 spiro atoms. The number of halogens is 5. The Kier molecular flexibility index (Phi) is 3.03. The number of ether oxygens (including phenoxy) is 1. The van der Waals surface area contributed by atoms with E-state index < -0.39 is 18.0 Å². The lowest BCUT2D eigenvalue weighted by Crippen LogP contribution is -2.41. The van der Waals surface area contributed by atoms with Crippen molar-refractivity contribution in [1.29, 1.82) is 0 Å². The van der Waals surface area contributed by atoms with Crippen molar-refractivity contribution in [3.05, 3.63) is 24.3 Å². The Bertz CT molecular complexity index is 332. The first-order chi connectivity index (χ1) is 6.72. The van der Waals surface area contributed by atoms with E-state index in [1.165, 1.54) is 12.1 Å². The standard InChI is InChI=1S/C8H4F5OS/c9-7(10,11)8(12,13)14-5-1-3-6(15)4-2-5/h1-4H. The summed E-state index contributed by atoms with van der Waals surface area (Å²) in [5, 5.41) is 0. The maximum Gasteiger partial charge on any atom is 0.499 e. The number of hydrogen-bond donors (Lipinski definition) is 0. The van der Waals surface area contributed by atoms with Crippen LogP contribution in [0.25, 0.3) is 0 Å². The molecule has 1 aromatic rings. The third-order valence-electron chi connectivity index (χ3n) is 1.40. The Morgan fingerprint density at radius 2 is 1.40 bits per heavy atom. The summed E-state index contributed by atoms with van der Waals surface area (Å²) in [6, 6.07) is 4.28. The largest absolute Gasteiger partial charge is 0.499 e. The van der Waals surface area contributed by atoms with Crippen molar-refractivity contribution in [3.63, 3.8) is 0 Å². The highest BCUT2D eigenvalue weighted by Gasteiger charge is 2.61. The Morgan fingerprint density at radius 3 is 1.80 bits per heavy atom. The average molecular weight is 243 g/mol. The maximum atomic E-state index is 12.3. The van der Waals surface area contributed by atoms with Gasteiger partial charge in [0.25, 0.3) is 0 Å². The van der Waals surface area contributed by atoms with Gasteiger partial charge in [0.1, 0.15) is 5.75 Å². The lowest BCUT2D eigenvalue weighted by molar-refractivity contribution is -0.360. The van der Waals surface area contributed by atoms with Crippen molar-refractivity contribution in [1.82, 2.24) is 0 Å². The molecule has 1 rings (SSSR count). The molecule has 0 saturated carbocycles. The number of rotatable bonds is 2. The zero-order valence-electron chi connectivity index (χ0n) is 7.02. The van der Waals surface area contributed by atoms with E-state index in [9.17, 15) is 22.0 Å². The van der Waals surface area contributed by atoms with Gasteiger partial charge in [0, 0.05) is 4.90 Å². The van der Waals surface area contributed by atoms with Gasteiger partial charge in [-0.05, 0) is 24.3 Å². The minimum atomic E-state index is -5.74. The van der Waals surface area contributed by atoms with E-state index in [0.717, 1.165) is 12.1 Å². The molecule has 0 heterocycles. The van der Waals surface area contributed by atoms with Crippen LogP contribution in [-0.4, -0.2) is 12.3 Å². The van der Waals surface area contributed by atoms with Gasteiger partial charge in [0.15, 0.2) is 0 Å². The predicted molar refractivity (Wildman–Crippen MR) is 43.9 cm³/mol. The Balaban J connectivity index is 2.82. The van der Waals surface area contributed by atoms with Crippen LogP contribution >= 0.6 is 12.6 Å². The minimum Gasteiger partial charge on any atom is -0.426 e. The molecule has 0 saturated heterocycles. The molecule has 0 aliphatic rings. The first-order valence-electron chi connectivity index (χ1n) is 3.63. The number of alkyl halides is 5. The van der Waals surface area contributed by atoms with Gasteiger partial charge in [-0.3, -0.25) is 0 Å². The molecule has 0 unspecified atom stereocenters. The fourth-order valence-electron chi connectivity index (χ4n) is 0.714. The van der Waals surface area contributed by atoms with Crippen molar-refractivity contribution >= 4 is 12.6 Å². The molecule has 0 aromatic heterocycles. The van der Waals surface area contributed by atoms with Crippen LogP contribution in [0.5, 0.6) is 5.75 Å². The Hall–Kier alpha value is -1.11. The van der Waals surface area contributed by atoms with Crippen molar-refractivity contribution in [2.75, 3.05) is 0 Å². The summed E-state index contributed by atoms with van der Waals surface area (Å²) < 4.78 is 63.3. The van der Waals surface area contributed by atoms with Crippen LogP contribution in [0.3, 0.4) is 0 Å². The molecule has 0 atom stereocenters. The molecule has 0 N–H and O–H groups in total. The second-order valence-electron chi connectivity index (χ2n) is 2.59. The van der Waals surface area contributed by atoms with Crippen LogP contribution in [0.4, 0.5) is 22.0 Å². The molecule has 0 bridgehead atoms. The summed E-state index contributed by atoms with van der Waals surface area (Å²) in [7, 11) is 0. The van der Waals surface area contributed by atoms with Crippen LogP contribution in [0.2, 0.25) is 0 Å². The minimum absolute atomic E-state index is 0.317. The SMILES string of the molecule is FC(F)(F)C(F)(F)Oc1ccc([S])cc1. The lowest BCUT2D eigenvalue weighted by Gasteiger charge is -2.19. The zero-order chi connectivity index (χ0) is 11.7. The normalized spacial score (nSPS) is 12.6. The maximum absolute atomic E-state index is 12.3. The highest BCUT2D eigenvalue weighted by molar-refractivity contribution is 7.80. The van der Waals surface area contributed by atoms with Crippen molar-refractivity contribution < 1.29 is 26.7 Å². The van der Waals surface area contributed by atoms with Crippen LogP contribution in [0.1, 0.15) is 0 Å². The summed E-state index contributed by atoms with van der Waals surface area (Å²) >= 11 is 4.62. The Morgan fingerprint density at radius 1 is 0.933 bits per heavy atom. The summed E-state index contributed by atoms with van der Waals surface area (Å²) in [6.45, 7) is 0. The molecule has 0 aliphatic carbocycles. The molecule has 7 heteroatoms. The molecule has 15 heavy (non-hydrogen) atoms. The van der Waals surface area contributed by atoms with E-state index >= 15 is 0 Å². The van der Waals surface area contributed by atoms with E-state index in [-0.39, 0.29) is 0 Å². The summed E-state index contributed by atoms with van der Waals surface area (Å²) in [4.78, 5) is 0.317. The van der Waals surface area contributed by atoms with E-state index in [0.29, 0.717) is 4.90 Å². The third kappa shape index (κ3) is 2.92. The molecule has 83 valence electrons. The molecule has 0 amide bonds. The summed E-state index contributed by atoms with van der Waals surface area (Å²) in [5.41, 5.74) is 0. The fourth-order valence-corrected chi connectivity index (χ4v) is 0.850. The molecular weight excluding hydrogens is 239 g/mol. The van der Waals surface area contributed by atoms with Crippen molar-refractivity contribution in [2.24, 2.45) is 0 Å². The van der Waals surface area contributed by atoms with Crippen LogP contribution < -0.4 is 4.74 Å². The van der Waals surface area contributed by atoms with Crippen molar-refractivity contribution in [3.8, 4) is 5.75 Å². The molecule has 1 aromatic carbocycles. The second-order valence-corrected chi connectivity index (χ2v) is 3.06. The molecule has 0 fully saturated rings. The van der Waals surface area contributed by atoms with Gasteiger partial charge in [0.2, 0.25) is 0 Å². The summed E-state index contributed by atoms with van der Waals surface area (Å²) in [5.74, 6) is -0.592. The summed E-state index contributed by atoms with van der Waals surface area (Å²) in [6.07, 6.45) is -10.9. The van der Waals surface area contributed by atoms with Gasteiger partial charge in [-0.1, -0.05) is 12.6 Å². The van der Waals surface area contributed by atoms with E-state index in [1.807, 2.05) is 0 Å². The third-order valence-corrected chi connectivity index (χ3v) is 1.67. The van der Waals surface area contributed by atoms with Gasteiger partial charge in [-0.25, -0.2) is 0 Å². The molecular formula is C8H4F5OS. The first-order valence-corrected chi connectivity index (χ1v) is 4.04. The lowest BCUT2D eigenvalue weighted by atomic mass is 10.3. The first kappa shape index (κ1) is 12.0. The monoisotopic (exact) mass is 243 g/mol. The molecule has 1 radical (unpaired) electrons. The number of benzene rings is 1. The highest BCUT2D eigenvalue weighted by Crippen LogP contribution is 2.37. The highest BCUT2D eigenvalue weighted by atomic mass is 32.1. The van der Waals surface area contributed by atoms with Gasteiger partial charge in [-0.15, -0.1) is 0 Å². The van der Waals surface area contributed by atoms with Crippen molar-refractivity contribution in [2.45, 2.75) is 17.2 Å². The number of hydrogen-bond acceptors (Lipinski definition) is 1. The van der Waals surface area contributed by atoms with Crippen LogP contribution in [0, 0.1) is 0 Å². The topological polar surface area (TPSA) is 9.23 Å². The van der Waals surface area contributed by atoms with Crippen LogP contribution in [0.15, 0.2) is 29.2 Å². The van der Waals surface area contributed by atoms with Gasteiger partial charge in [0.05, 0.1) is 0 Å². The second kappa shape index (κ2) is 3.80. The van der Waals surface area contributed by atoms with E-state index in [1.54, 1.807) is 0 Å².